The van der Waals surface area contributed by atoms with Gasteiger partial charge >= 0.3 is 0 Å². The molecule has 2 aliphatic rings. The Kier molecular flexibility index (Phi) is 35.5. The molecule has 0 aromatic rings. The number of carbonyl (C=O) groups excluding carboxylic acids is 1. The second-order valence-electron chi connectivity index (χ2n) is 19.0. The van der Waals surface area contributed by atoms with Crippen molar-refractivity contribution < 1.29 is 64.6 Å². The number of ether oxygens (including phenoxy) is 4. The van der Waals surface area contributed by atoms with Gasteiger partial charge in [0, 0.05) is 6.42 Å². The van der Waals surface area contributed by atoms with Gasteiger partial charge in [-0.1, -0.05) is 199 Å². The minimum absolute atomic E-state index is 0.239. The first kappa shape index (κ1) is 59.9. The summed E-state index contributed by atoms with van der Waals surface area (Å²) < 4.78 is 22.6. The van der Waals surface area contributed by atoms with Crippen LogP contribution in [0.3, 0.4) is 0 Å². The molecule has 0 aromatic carbocycles. The molecule has 2 saturated heterocycles. The van der Waals surface area contributed by atoms with Gasteiger partial charge in [-0.3, -0.25) is 4.79 Å². The Labute approximate surface area is 393 Å². The number of allylic oxidation sites excluding steroid dienone is 1. The summed E-state index contributed by atoms with van der Waals surface area (Å²) in [5, 5.41) is 86.5. The van der Waals surface area contributed by atoms with Gasteiger partial charge < -0.3 is 65.1 Å². The molecule has 0 aliphatic carbocycles. The number of nitrogens with one attached hydrogen (secondary N) is 1. The van der Waals surface area contributed by atoms with Crippen LogP contribution in [0.15, 0.2) is 12.2 Å². The summed E-state index contributed by atoms with van der Waals surface area (Å²) in [6, 6.07) is -0.906. The third kappa shape index (κ3) is 25.8. The molecule has 2 heterocycles. The van der Waals surface area contributed by atoms with Gasteiger partial charge in [0.1, 0.15) is 48.8 Å². The summed E-state index contributed by atoms with van der Waals surface area (Å²) in [6.07, 6.45) is 24.3. The summed E-state index contributed by atoms with van der Waals surface area (Å²) in [4.78, 5) is 13.1. The largest absolute Gasteiger partial charge is 0.394 e. The Hall–Kier alpha value is -1.27. The van der Waals surface area contributed by atoms with Crippen LogP contribution >= 0.6 is 0 Å². The molecule has 14 nitrogen and oxygen atoms in total. The molecule has 12 atom stereocenters. The molecule has 14 heteroatoms. The van der Waals surface area contributed by atoms with Gasteiger partial charge in [-0.15, -0.1) is 0 Å². The predicted molar refractivity (Wildman–Crippen MR) is 254 cm³/mol. The van der Waals surface area contributed by atoms with Crippen molar-refractivity contribution in [2.45, 2.75) is 286 Å². The molecule has 65 heavy (non-hydrogen) atoms. The average molecular weight is 932 g/mol. The molecule has 1 amide bonds. The number of hydrogen-bond donors (Lipinski definition) is 9. The molecule has 2 fully saturated rings. The lowest BCUT2D eigenvalue weighted by atomic mass is 9.97. The first-order chi connectivity index (χ1) is 31.6. The van der Waals surface area contributed by atoms with E-state index in [9.17, 15) is 45.6 Å². The minimum atomic E-state index is -1.78. The smallest absolute Gasteiger partial charge is 0.220 e. The molecule has 2 rings (SSSR count). The standard InChI is InChI=1S/C51H97NO13/c1-3-5-7-9-11-13-14-15-16-17-18-19-20-21-22-23-24-25-26-27-29-31-33-35-43(56)52-39(40(55)34-32-30-28-12-10-8-6-4-2)38-62-50-48(61)46(59)49(42(37-54)64-50)65-51-47(60)45(58)44(57)41(36-53)63-51/h32,34,39-42,44-51,53-55,57-61H,3-31,33,35-38H2,1-2H3,(H,52,56)/b34-32+. The highest BCUT2D eigenvalue weighted by Gasteiger charge is 2.51. The van der Waals surface area contributed by atoms with Gasteiger partial charge in [-0.2, -0.15) is 0 Å². The molecular weight excluding hydrogens is 835 g/mol. The number of aliphatic hydroxyl groups is 8. The van der Waals surface area contributed by atoms with Crippen molar-refractivity contribution in [3.8, 4) is 0 Å². The van der Waals surface area contributed by atoms with Crippen LogP contribution in [0.2, 0.25) is 0 Å². The van der Waals surface area contributed by atoms with E-state index in [1.54, 1.807) is 6.08 Å². The number of carbonyl (C=O) groups is 1. The van der Waals surface area contributed by atoms with Crippen LogP contribution in [0, 0.1) is 0 Å². The first-order valence-corrected chi connectivity index (χ1v) is 26.4. The zero-order valence-electron chi connectivity index (χ0n) is 40.7. The van der Waals surface area contributed by atoms with Crippen LogP contribution in [-0.4, -0.2) is 140 Å². The minimum Gasteiger partial charge on any atom is -0.394 e. The van der Waals surface area contributed by atoms with E-state index in [4.69, 9.17) is 18.9 Å². The molecule has 2 aliphatic heterocycles. The SMILES string of the molecule is CCCCCCCC/C=C/C(O)C(COC1OC(CO)C(OC2OC(CO)C(O)C(O)C2O)C(O)C1O)NC(=O)CCCCCCCCCCCCCCCCCCCCCCCCC. The van der Waals surface area contributed by atoms with E-state index in [2.05, 4.69) is 19.2 Å². The molecule has 384 valence electrons. The van der Waals surface area contributed by atoms with Gasteiger partial charge in [0.2, 0.25) is 5.91 Å². The predicted octanol–water partition coefficient (Wildman–Crippen LogP) is 7.16. The van der Waals surface area contributed by atoms with Crippen molar-refractivity contribution in [1.82, 2.24) is 5.32 Å². The zero-order chi connectivity index (χ0) is 47.5. The Bertz CT molecular complexity index is 1150. The maximum atomic E-state index is 13.1. The molecule has 0 saturated carbocycles. The van der Waals surface area contributed by atoms with Crippen molar-refractivity contribution in [3.05, 3.63) is 12.2 Å². The van der Waals surface area contributed by atoms with Gasteiger partial charge in [0.25, 0.3) is 0 Å². The van der Waals surface area contributed by atoms with Crippen LogP contribution in [0.4, 0.5) is 0 Å². The number of rotatable bonds is 41. The van der Waals surface area contributed by atoms with Crippen LogP contribution in [-0.2, 0) is 23.7 Å². The lowest BCUT2D eigenvalue weighted by Gasteiger charge is -2.46. The first-order valence-electron chi connectivity index (χ1n) is 26.4. The van der Waals surface area contributed by atoms with E-state index in [1.165, 1.54) is 141 Å². The number of hydrogen-bond acceptors (Lipinski definition) is 13. The average Bonchev–Trinajstić information content (AvgIpc) is 3.30. The molecular formula is C51H97NO13. The van der Waals surface area contributed by atoms with E-state index in [0.717, 1.165) is 44.9 Å². The van der Waals surface area contributed by atoms with Gasteiger partial charge in [-0.05, 0) is 19.3 Å². The molecule has 0 spiro atoms. The lowest BCUT2D eigenvalue weighted by molar-refractivity contribution is -0.359. The number of amides is 1. The van der Waals surface area contributed by atoms with Crippen LogP contribution in [0.25, 0.3) is 0 Å². The fraction of sp³-hybridized carbons (Fsp3) is 0.941. The fourth-order valence-electron chi connectivity index (χ4n) is 8.88. The Morgan fingerprint density at radius 1 is 0.538 bits per heavy atom. The molecule has 12 unspecified atom stereocenters. The fourth-order valence-corrected chi connectivity index (χ4v) is 8.88. The van der Waals surface area contributed by atoms with E-state index >= 15 is 0 Å². The van der Waals surface area contributed by atoms with Crippen molar-refractivity contribution >= 4 is 5.91 Å². The number of unbranched alkanes of at least 4 members (excludes halogenated alkanes) is 28. The molecule has 9 N–H and O–H groups in total. The van der Waals surface area contributed by atoms with E-state index in [0.29, 0.717) is 6.42 Å². The summed E-state index contributed by atoms with van der Waals surface area (Å²) in [5.74, 6) is -0.239. The quantitative estimate of drug-likeness (QED) is 0.0219. The normalized spacial score (nSPS) is 27.0. The lowest BCUT2D eigenvalue weighted by Crippen LogP contribution is -2.65. The molecule has 0 radical (unpaired) electrons. The summed E-state index contributed by atoms with van der Waals surface area (Å²) >= 11 is 0. The second-order valence-corrected chi connectivity index (χ2v) is 19.0. The van der Waals surface area contributed by atoms with Crippen LogP contribution in [0.5, 0.6) is 0 Å². The Morgan fingerprint density at radius 2 is 0.954 bits per heavy atom. The highest BCUT2D eigenvalue weighted by molar-refractivity contribution is 5.76. The van der Waals surface area contributed by atoms with Crippen molar-refractivity contribution in [2.75, 3.05) is 19.8 Å². The van der Waals surface area contributed by atoms with E-state index in [1.807, 2.05) is 6.08 Å². The summed E-state index contributed by atoms with van der Waals surface area (Å²) in [5.41, 5.74) is 0. The van der Waals surface area contributed by atoms with Gasteiger partial charge in [-0.25, -0.2) is 0 Å². The summed E-state index contributed by atoms with van der Waals surface area (Å²) in [7, 11) is 0. The highest BCUT2D eigenvalue weighted by atomic mass is 16.7. The zero-order valence-corrected chi connectivity index (χ0v) is 40.7. The third-order valence-corrected chi connectivity index (χ3v) is 13.2. The monoisotopic (exact) mass is 932 g/mol. The van der Waals surface area contributed by atoms with Crippen molar-refractivity contribution in [1.29, 1.82) is 0 Å². The highest BCUT2D eigenvalue weighted by Crippen LogP contribution is 2.30. The summed E-state index contributed by atoms with van der Waals surface area (Å²) in [6.45, 7) is 2.75. The third-order valence-electron chi connectivity index (χ3n) is 13.2. The Balaban J connectivity index is 1.71. The van der Waals surface area contributed by atoms with Crippen LogP contribution in [0.1, 0.15) is 213 Å². The van der Waals surface area contributed by atoms with Crippen LogP contribution < -0.4 is 5.32 Å². The second kappa shape index (κ2) is 38.6. The van der Waals surface area contributed by atoms with E-state index in [-0.39, 0.29) is 18.9 Å². The molecule has 0 bridgehead atoms. The van der Waals surface area contributed by atoms with Crippen molar-refractivity contribution in [3.63, 3.8) is 0 Å². The maximum absolute atomic E-state index is 13.1. The van der Waals surface area contributed by atoms with E-state index < -0.39 is 86.8 Å². The van der Waals surface area contributed by atoms with Gasteiger partial charge in [0.05, 0.1) is 32.0 Å². The van der Waals surface area contributed by atoms with Gasteiger partial charge in [0.15, 0.2) is 12.6 Å². The Morgan fingerprint density at radius 3 is 1.42 bits per heavy atom. The number of aliphatic hydroxyl groups excluding tert-OH is 8. The molecule has 0 aromatic heterocycles. The topological polar surface area (TPSA) is 228 Å². The maximum Gasteiger partial charge on any atom is 0.220 e. The van der Waals surface area contributed by atoms with Crippen molar-refractivity contribution in [2.24, 2.45) is 0 Å².